The maximum Gasteiger partial charge on any atom is 0.257 e. The topological polar surface area (TPSA) is 76.7 Å². The summed E-state index contributed by atoms with van der Waals surface area (Å²) in [6.45, 7) is 0.138. The Morgan fingerprint density at radius 3 is 2.61 bits per heavy atom. The average molecular weight is 439 g/mol. The Bertz CT molecular complexity index is 1200. The predicted octanol–water partition coefficient (Wildman–Crippen LogP) is 5.11. The van der Waals surface area contributed by atoms with Crippen molar-refractivity contribution in [1.82, 2.24) is 0 Å². The molecular formula is C23H16ClFN2O4. The van der Waals surface area contributed by atoms with E-state index in [-0.39, 0.29) is 17.4 Å². The van der Waals surface area contributed by atoms with Crippen LogP contribution in [0.2, 0.25) is 5.02 Å². The molecule has 0 aliphatic carbocycles. The van der Waals surface area contributed by atoms with E-state index in [9.17, 15) is 14.0 Å². The molecule has 0 radical (unpaired) electrons. The molecule has 0 saturated carbocycles. The molecule has 1 aliphatic heterocycles. The van der Waals surface area contributed by atoms with Crippen molar-refractivity contribution in [2.24, 2.45) is 0 Å². The van der Waals surface area contributed by atoms with Crippen LogP contribution in [0, 0.1) is 5.82 Å². The number of carbonyl (C=O) groups is 2. The minimum atomic E-state index is -0.536. The number of fused-ring (bicyclic) bond motifs is 1. The van der Waals surface area contributed by atoms with Gasteiger partial charge in [-0.25, -0.2) is 4.39 Å². The van der Waals surface area contributed by atoms with E-state index in [0.29, 0.717) is 28.4 Å². The van der Waals surface area contributed by atoms with E-state index in [0.717, 1.165) is 0 Å². The van der Waals surface area contributed by atoms with Crippen molar-refractivity contribution in [2.45, 2.75) is 0 Å². The Hall–Kier alpha value is -3.84. The zero-order valence-electron chi connectivity index (χ0n) is 16.0. The van der Waals surface area contributed by atoms with Gasteiger partial charge >= 0.3 is 0 Å². The molecule has 0 saturated heterocycles. The van der Waals surface area contributed by atoms with Crippen molar-refractivity contribution >= 4 is 40.9 Å². The Kier molecular flexibility index (Phi) is 5.86. The molecule has 1 aliphatic rings. The number of halogens is 2. The first-order valence-electron chi connectivity index (χ1n) is 9.24. The molecule has 31 heavy (non-hydrogen) atoms. The monoisotopic (exact) mass is 438 g/mol. The molecule has 3 aromatic carbocycles. The van der Waals surface area contributed by atoms with Crippen LogP contribution in [0.1, 0.15) is 15.9 Å². The van der Waals surface area contributed by atoms with E-state index in [1.54, 1.807) is 42.5 Å². The van der Waals surface area contributed by atoms with Gasteiger partial charge in [0.25, 0.3) is 5.91 Å². The van der Waals surface area contributed by atoms with E-state index >= 15 is 0 Å². The second kappa shape index (κ2) is 8.89. The highest BCUT2D eigenvalue weighted by Crippen LogP contribution is 2.34. The van der Waals surface area contributed by atoms with Crippen LogP contribution in [0.4, 0.5) is 15.8 Å². The summed E-state index contributed by atoms with van der Waals surface area (Å²) in [6, 6.07) is 15.8. The highest BCUT2D eigenvalue weighted by atomic mass is 35.5. The SMILES string of the molecule is O=C(/C=C/c1ccc(F)c(Cl)c1)Nc1ccccc1C(=O)Nc1ccc2c(c1)OCO2. The number of nitrogens with one attached hydrogen (secondary N) is 2. The molecule has 8 heteroatoms. The number of hydrogen-bond acceptors (Lipinski definition) is 4. The maximum absolute atomic E-state index is 13.2. The Morgan fingerprint density at radius 2 is 1.77 bits per heavy atom. The summed E-state index contributed by atoms with van der Waals surface area (Å²) in [6.07, 6.45) is 2.77. The van der Waals surface area contributed by atoms with Gasteiger partial charge in [0.2, 0.25) is 12.7 Å². The zero-order chi connectivity index (χ0) is 21.8. The lowest BCUT2D eigenvalue weighted by atomic mass is 10.1. The molecule has 0 aromatic heterocycles. The number of para-hydroxylation sites is 1. The smallest absolute Gasteiger partial charge is 0.257 e. The Balaban J connectivity index is 1.46. The first-order chi connectivity index (χ1) is 15.0. The minimum absolute atomic E-state index is 0.0342. The van der Waals surface area contributed by atoms with Gasteiger partial charge in [-0.1, -0.05) is 29.8 Å². The summed E-state index contributed by atoms with van der Waals surface area (Å²) in [5.74, 6) is -0.233. The lowest BCUT2D eigenvalue weighted by Crippen LogP contribution is -2.17. The molecule has 3 aromatic rings. The number of ether oxygens (including phenoxy) is 2. The highest BCUT2D eigenvalue weighted by molar-refractivity contribution is 6.30. The highest BCUT2D eigenvalue weighted by Gasteiger charge is 2.16. The number of benzene rings is 3. The van der Waals surface area contributed by atoms with Crippen molar-refractivity contribution in [3.8, 4) is 11.5 Å². The maximum atomic E-state index is 13.2. The fraction of sp³-hybridized carbons (Fsp3) is 0.0435. The molecule has 0 spiro atoms. The second-order valence-corrected chi connectivity index (χ2v) is 6.97. The van der Waals surface area contributed by atoms with Gasteiger partial charge < -0.3 is 20.1 Å². The summed E-state index contributed by atoms with van der Waals surface area (Å²) in [5.41, 5.74) is 1.72. The van der Waals surface area contributed by atoms with E-state index < -0.39 is 17.6 Å². The van der Waals surface area contributed by atoms with Crippen molar-refractivity contribution in [2.75, 3.05) is 17.4 Å². The van der Waals surface area contributed by atoms with Gasteiger partial charge in [0, 0.05) is 17.8 Å². The van der Waals surface area contributed by atoms with Crippen molar-refractivity contribution in [3.63, 3.8) is 0 Å². The number of carbonyl (C=O) groups excluding carboxylic acids is 2. The Morgan fingerprint density at radius 1 is 0.968 bits per heavy atom. The van der Waals surface area contributed by atoms with E-state index in [1.165, 1.54) is 30.4 Å². The third-order valence-corrected chi connectivity index (χ3v) is 4.72. The molecule has 156 valence electrons. The van der Waals surface area contributed by atoms with Gasteiger partial charge in [0.15, 0.2) is 11.5 Å². The summed E-state index contributed by atoms with van der Waals surface area (Å²) < 4.78 is 23.8. The Labute approximate surface area is 182 Å². The molecule has 4 rings (SSSR count). The van der Waals surface area contributed by atoms with Gasteiger partial charge in [0.1, 0.15) is 5.82 Å². The molecular weight excluding hydrogens is 423 g/mol. The summed E-state index contributed by atoms with van der Waals surface area (Å²) in [7, 11) is 0. The van der Waals surface area contributed by atoms with Crippen molar-refractivity contribution < 1.29 is 23.5 Å². The molecule has 0 atom stereocenters. The molecule has 0 unspecified atom stereocenters. The van der Waals surface area contributed by atoms with Crippen LogP contribution < -0.4 is 20.1 Å². The number of hydrogen-bond donors (Lipinski definition) is 2. The van der Waals surface area contributed by atoms with E-state index in [2.05, 4.69) is 10.6 Å². The molecule has 2 amide bonds. The van der Waals surface area contributed by atoms with Crippen molar-refractivity contribution in [1.29, 1.82) is 0 Å². The molecule has 0 fully saturated rings. The minimum Gasteiger partial charge on any atom is -0.454 e. The summed E-state index contributed by atoms with van der Waals surface area (Å²) in [5, 5.41) is 5.42. The largest absolute Gasteiger partial charge is 0.454 e. The fourth-order valence-electron chi connectivity index (χ4n) is 2.93. The first-order valence-corrected chi connectivity index (χ1v) is 9.61. The van der Waals surface area contributed by atoms with Gasteiger partial charge in [-0.05, 0) is 48.0 Å². The van der Waals surface area contributed by atoms with Crippen LogP contribution >= 0.6 is 11.6 Å². The third kappa shape index (κ3) is 4.84. The van der Waals surface area contributed by atoms with E-state index in [1.807, 2.05) is 0 Å². The summed E-state index contributed by atoms with van der Waals surface area (Å²) in [4.78, 5) is 25.1. The summed E-state index contributed by atoms with van der Waals surface area (Å²) >= 11 is 5.74. The molecule has 6 nitrogen and oxygen atoms in total. The second-order valence-electron chi connectivity index (χ2n) is 6.56. The standard InChI is InChI=1S/C23H16ClFN2O4/c24-17-11-14(5-8-18(17)25)6-10-22(28)27-19-4-2-1-3-16(19)23(29)26-15-7-9-20-21(12-15)31-13-30-20/h1-12H,13H2,(H,26,29)(H,27,28)/b10-6+. The first kappa shape index (κ1) is 20.4. The average Bonchev–Trinajstić information content (AvgIpc) is 3.23. The van der Waals surface area contributed by atoms with Crippen molar-refractivity contribution in [3.05, 3.63) is 88.7 Å². The number of rotatable bonds is 5. The van der Waals surface area contributed by atoms with Crippen LogP contribution in [-0.2, 0) is 4.79 Å². The van der Waals surface area contributed by atoms with Gasteiger partial charge in [-0.2, -0.15) is 0 Å². The fourth-order valence-corrected chi connectivity index (χ4v) is 3.11. The number of anilines is 2. The van der Waals surface area contributed by atoms with Crippen LogP contribution in [0.15, 0.2) is 66.7 Å². The number of amides is 2. The quantitative estimate of drug-likeness (QED) is 0.542. The van der Waals surface area contributed by atoms with Gasteiger partial charge in [-0.15, -0.1) is 0 Å². The normalized spacial score (nSPS) is 12.1. The lowest BCUT2D eigenvalue weighted by Gasteiger charge is -2.11. The van der Waals surface area contributed by atoms with Crippen LogP contribution in [0.5, 0.6) is 11.5 Å². The third-order valence-electron chi connectivity index (χ3n) is 4.43. The molecule has 2 N–H and O–H groups in total. The van der Waals surface area contributed by atoms with Crippen LogP contribution in [0.25, 0.3) is 6.08 Å². The van der Waals surface area contributed by atoms with Gasteiger partial charge in [-0.3, -0.25) is 9.59 Å². The van der Waals surface area contributed by atoms with Gasteiger partial charge in [0.05, 0.1) is 16.3 Å². The predicted molar refractivity (Wildman–Crippen MR) is 116 cm³/mol. The zero-order valence-corrected chi connectivity index (χ0v) is 16.8. The van der Waals surface area contributed by atoms with E-state index in [4.69, 9.17) is 21.1 Å². The van der Waals surface area contributed by atoms with Crippen LogP contribution in [0.3, 0.4) is 0 Å². The lowest BCUT2D eigenvalue weighted by molar-refractivity contribution is -0.111. The molecule has 0 bridgehead atoms. The molecule has 1 heterocycles. The van der Waals surface area contributed by atoms with Crippen LogP contribution in [-0.4, -0.2) is 18.6 Å².